The molecule has 4 N–H and O–H groups in total. The highest BCUT2D eigenvalue weighted by Crippen LogP contribution is 2.43. The first-order valence-electron chi connectivity index (χ1n) is 22.1. The molecule has 4 heterocycles. The molecule has 0 bridgehead atoms. The number of aliphatic hydroxyl groups is 2. The number of nitrogens with one attached hydrogen (secondary N) is 2. The lowest BCUT2D eigenvalue weighted by atomic mass is 9.90. The Labute approximate surface area is 407 Å². The number of aliphatic hydroxyl groups excluding tert-OH is 2. The highest BCUT2D eigenvalue weighted by Gasteiger charge is 2.42. The van der Waals surface area contributed by atoms with E-state index in [2.05, 4.69) is 36.2 Å². The number of hydrogen-bond donors (Lipinski definition) is 4. The lowest BCUT2D eigenvalue weighted by Crippen LogP contribution is -2.51. The second kappa shape index (κ2) is 21.3. The minimum atomic E-state index is -0.455. The van der Waals surface area contributed by atoms with Gasteiger partial charge in [0, 0.05) is 78.6 Å². The van der Waals surface area contributed by atoms with Gasteiger partial charge in [0.25, 0.3) is 23.6 Å². The normalized spacial score (nSPS) is 15.8. The zero-order chi connectivity index (χ0) is 50.2. The Balaban J connectivity index is 0.000000138. The summed E-state index contributed by atoms with van der Waals surface area (Å²) in [6.45, 7) is 0. The van der Waals surface area contributed by atoms with Gasteiger partial charge in [-0.2, -0.15) is 20.5 Å². The molecule has 0 saturated heterocycles. The van der Waals surface area contributed by atoms with Crippen LogP contribution in [0.15, 0.2) is 195 Å². The van der Waals surface area contributed by atoms with Crippen LogP contribution >= 0.6 is 0 Å². The van der Waals surface area contributed by atoms with Crippen LogP contribution in [0.2, 0.25) is 0 Å². The fraction of sp³-hybridized carbons (Fsp3) is 0.111. The number of carbonyl (C=O) groups excluding carboxylic acids is 4. The molecule has 0 saturated carbocycles. The molecule has 71 heavy (non-hydrogen) atoms. The highest BCUT2D eigenvalue weighted by molar-refractivity contribution is 6.22. The van der Waals surface area contributed by atoms with Gasteiger partial charge in [0.15, 0.2) is 0 Å². The highest BCUT2D eigenvalue weighted by atomic mass is 16.5. The Morgan fingerprint density at radius 3 is 1.25 bits per heavy atom. The van der Waals surface area contributed by atoms with Crippen LogP contribution < -0.4 is 20.4 Å². The molecule has 8 aromatic rings. The number of fused-ring (bicyclic) bond motifs is 8. The molecule has 17 heteroatoms. The van der Waals surface area contributed by atoms with Crippen LogP contribution in [-0.2, 0) is 0 Å². The van der Waals surface area contributed by atoms with Crippen molar-refractivity contribution in [2.45, 2.75) is 12.3 Å². The number of amides is 4. The SMILES string of the molecule is CN=Nc1ccc(N=[N+]([O-])c2ccc(N=NC)cc2)cc1.CO.CO.O=C1NC2c3cccc4cccc(c34)C(=O)N2c2ccccc21.O=C1NC2c3cccc4cccc(c34)C(=O)N2c2ccccc21. The average Bonchev–Trinajstić information content (AvgIpc) is 3.42. The fourth-order valence-corrected chi connectivity index (χ4v) is 8.89. The summed E-state index contributed by atoms with van der Waals surface area (Å²) in [5.41, 5.74) is 8.02. The first-order chi connectivity index (χ1) is 34.7. The van der Waals surface area contributed by atoms with Crippen molar-refractivity contribution >= 4 is 79.3 Å². The topological polar surface area (TPSA) is 227 Å². The quantitative estimate of drug-likeness (QED) is 0.0757. The van der Waals surface area contributed by atoms with E-state index in [9.17, 15) is 24.4 Å². The third-order valence-electron chi connectivity index (χ3n) is 11.8. The van der Waals surface area contributed by atoms with Crippen molar-refractivity contribution in [1.29, 1.82) is 0 Å². The maximum atomic E-state index is 13.1. The lowest BCUT2D eigenvalue weighted by molar-refractivity contribution is -0.435. The van der Waals surface area contributed by atoms with E-state index >= 15 is 0 Å². The first-order valence-corrected chi connectivity index (χ1v) is 22.1. The van der Waals surface area contributed by atoms with Crippen LogP contribution in [0.3, 0.4) is 0 Å². The van der Waals surface area contributed by atoms with Crippen LogP contribution in [0.4, 0.5) is 34.1 Å². The Morgan fingerprint density at radius 2 is 0.831 bits per heavy atom. The fourth-order valence-electron chi connectivity index (χ4n) is 8.89. The predicted octanol–water partition coefficient (Wildman–Crippen LogP) is 10.7. The summed E-state index contributed by atoms with van der Waals surface area (Å²) < 4.78 is 0. The Kier molecular flexibility index (Phi) is 14.5. The van der Waals surface area contributed by atoms with Crippen LogP contribution in [-0.4, -0.2) is 67.0 Å². The average molecular weight is 947 g/mol. The molecule has 4 amide bonds. The van der Waals surface area contributed by atoms with Crippen LogP contribution in [0.1, 0.15) is 64.9 Å². The molecular weight excluding hydrogens is 901 g/mol. The van der Waals surface area contributed by atoms with E-state index in [-0.39, 0.29) is 23.6 Å². The predicted molar refractivity (Wildman–Crippen MR) is 270 cm³/mol. The molecule has 0 fully saturated rings. The van der Waals surface area contributed by atoms with Gasteiger partial charge in [0.2, 0.25) is 5.69 Å². The van der Waals surface area contributed by atoms with E-state index in [1.54, 1.807) is 84.6 Å². The van der Waals surface area contributed by atoms with Crippen LogP contribution in [0.25, 0.3) is 21.5 Å². The standard InChI is InChI=1S/2C19H12N2O2.C14H14N6O.2CH4O/c2*22-18-12-7-1-2-10-15(12)21-17(20-18)13-8-3-5-11-6-4-9-14(16(11)13)19(21)23;1-15-17-11-3-5-13(6-4-11)19-20(21)14-9-7-12(8-10-14)18-16-2;2*1-2/h2*1-10,17H,(H,20,22);3-10H,1-2H3;2*2H,1H3. The Bertz CT molecular complexity index is 3240. The molecule has 0 aromatic heterocycles. The molecule has 4 aliphatic heterocycles. The van der Waals surface area contributed by atoms with Crippen LogP contribution in [0, 0.1) is 5.21 Å². The number of hydrogen-bond acceptors (Lipinski definition) is 12. The van der Waals surface area contributed by atoms with E-state index in [0.717, 1.165) is 46.9 Å². The van der Waals surface area contributed by atoms with Gasteiger partial charge >= 0.3 is 0 Å². The first kappa shape index (κ1) is 48.1. The number of carbonyl (C=O) groups is 4. The summed E-state index contributed by atoms with van der Waals surface area (Å²) in [4.78, 5) is 55.0. The Hall–Kier alpha value is -9.32. The number of nitrogens with zero attached hydrogens (tertiary/aromatic N) is 8. The van der Waals surface area contributed by atoms with Crippen molar-refractivity contribution in [3.05, 3.63) is 208 Å². The largest absolute Gasteiger partial charge is 0.594 e. The molecule has 0 aliphatic carbocycles. The third-order valence-corrected chi connectivity index (χ3v) is 11.8. The molecule has 354 valence electrons. The van der Waals surface area contributed by atoms with Gasteiger partial charge in [-0.1, -0.05) is 89.8 Å². The van der Waals surface area contributed by atoms with E-state index < -0.39 is 12.3 Å². The zero-order valence-corrected chi connectivity index (χ0v) is 38.8. The zero-order valence-electron chi connectivity index (χ0n) is 38.8. The van der Waals surface area contributed by atoms with Crippen molar-refractivity contribution in [3.63, 3.8) is 0 Å². The second-order valence-corrected chi connectivity index (χ2v) is 15.6. The lowest BCUT2D eigenvalue weighted by Gasteiger charge is -2.41. The van der Waals surface area contributed by atoms with E-state index in [1.807, 2.05) is 109 Å². The minimum Gasteiger partial charge on any atom is -0.594 e. The summed E-state index contributed by atoms with van der Waals surface area (Å²) in [7, 11) is 5.18. The Morgan fingerprint density at radius 1 is 0.465 bits per heavy atom. The van der Waals surface area contributed by atoms with Crippen molar-refractivity contribution in [3.8, 4) is 0 Å². The van der Waals surface area contributed by atoms with Crippen molar-refractivity contribution in [2.24, 2.45) is 25.6 Å². The van der Waals surface area contributed by atoms with E-state index in [0.29, 0.717) is 61.2 Å². The van der Waals surface area contributed by atoms with Gasteiger partial charge in [-0.25, -0.2) is 0 Å². The van der Waals surface area contributed by atoms with Gasteiger partial charge in [0.1, 0.15) is 18.0 Å². The van der Waals surface area contributed by atoms with Crippen LogP contribution in [0.5, 0.6) is 0 Å². The smallest absolute Gasteiger partial charge is 0.260 e. The van der Waals surface area contributed by atoms with Crippen molar-refractivity contribution in [1.82, 2.24) is 10.6 Å². The van der Waals surface area contributed by atoms with Gasteiger partial charge in [-0.3, -0.25) is 29.0 Å². The summed E-state index contributed by atoms with van der Waals surface area (Å²) >= 11 is 0. The number of rotatable bonds is 4. The molecule has 0 radical (unpaired) electrons. The molecule has 2 atom stereocenters. The van der Waals surface area contributed by atoms with Gasteiger partial charge in [-0.15, -0.1) is 0 Å². The third kappa shape index (κ3) is 9.20. The maximum Gasteiger partial charge on any atom is 0.260 e. The maximum absolute atomic E-state index is 13.1. The molecule has 4 aliphatic rings. The summed E-state index contributed by atoms with van der Waals surface area (Å²) in [5.74, 6) is -0.449. The van der Waals surface area contributed by atoms with Crippen molar-refractivity contribution < 1.29 is 34.3 Å². The minimum absolute atomic E-state index is 0.0771. The number of anilines is 2. The monoisotopic (exact) mass is 946 g/mol. The molecule has 17 nitrogen and oxygen atoms in total. The molecule has 8 aromatic carbocycles. The molecule has 2 unspecified atom stereocenters. The molecular formula is C54H46N10O7. The summed E-state index contributed by atoms with van der Waals surface area (Å²) in [5, 5.41) is 54.8. The second-order valence-electron chi connectivity index (χ2n) is 15.6. The van der Waals surface area contributed by atoms with Crippen molar-refractivity contribution in [2.75, 3.05) is 38.1 Å². The van der Waals surface area contributed by atoms with Gasteiger partial charge in [-0.05, 0) is 83.6 Å². The number of benzene rings is 8. The number of para-hydroxylation sites is 2. The molecule has 0 spiro atoms. The number of azo groups is 3. The summed E-state index contributed by atoms with van der Waals surface area (Å²) in [6.07, 6.45) is -0.910. The van der Waals surface area contributed by atoms with E-state index in [4.69, 9.17) is 10.2 Å². The molecule has 12 rings (SSSR count). The van der Waals surface area contributed by atoms with Gasteiger partial charge < -0.3 is 26.1 Å². The summed E-state index contributed by atoms with van der Waals surface area (Å²) in [6, 6.07) is 51.4. The van der Waals surface area contributed by atoms with Gasteiger partial charge in [0.05, 0.1) is 33.9 Å². The van der Waals surface area contributed by atoms with E-state index in [1.165, 1.54) is 0 Å².